The Balaban J connectivity index is 1.42. The Kier molecular flexibility index (Phi) is 5.52. The number of carbonyl (C=O) groups is 3. The molecule has 1 unspecified atom stereocenters. The van der Waals surface area contributed by atoms with E-state index in [2.05, 4.69) is 15.6 Å². The van der Waals surface area contributed by atoms with Crippen LogP contribution in [0.25, 0.3) is 0 Å². The molecule has 4 amide bonds. The van der Waals surface area contributed by atoms with Crippen molar-refractivity contribution in [1.29, 1.82) is 0 Å². The first-order valence-corrected chi connectivity index (χ1v) is 9.59. The highest BCUT2D eigenvalue weighted by Crippen LogP contribution is 2.32. The summed E-state index contributed by atoms with van der Waals surface area (Å²) in [5, 5.41) is 4.81. The zero-order valence-corrected chi connectivity index (χ0v) is 16.1. The molecule has 0 spiro atoms. The number of anilines is 2. The van der Waals surface area contributed by atoms with Crippen molar-refractivity contribution in [2.24, 2.45) is 0 Å². The van der Waals surface area contributed by atoms with Crippen LogP contribution in [0.15, 0.2) is 79.0 Å². The third kappa shape index (κ3) is 4.35. The molecule has 1 aliphatic rings. The Morgan fingerprint density at radius 1 is 0.967 bits per heavy atom. The molecule has 1 saturated heterocycles. The van der Waals surface area contributed by atoms with Crippen LogP contribution >= 0.6 is 0 Å². The van der Waals surface area contributed by atoms with Gasteiger partial charge in [0, 0.05) is 42.4 Å². The normalized spacial score (nSPS) is 15.7. The van der Waals surface area contributed by atoms with E-state index in [1.54, 1.807) is 47.4 Å². The monoisotopic (exact) mass is 400 g/mol. The van der Waals surface area contributed by atoms with Crippen molar-refractivity contribution >= 4 is 29.4 Å². The molecule has 0 bridgehead atoms. The van der Waals surface area contributed by atoms with Gasteiger partial charge in [-0.15, -0.1) is 0 Å². The van der Waals surface area contributed by atoms with Gasteiger partial charge >= 0.3 is 6.03 Å². The number of benzene rings is 2. The van der Waals surface area contributed by atoms with Gasteiger partial charge < -0.3 is 4.90 Å². The van der Waals surface area contributed by atoms with Crippen LogP contribution < -0.4 is 15.5 Å². The fourth-order valence-corrected chi connectivity index (χ4v) is 3.47. The minimum atomic E-state index is -0.691. The van der Waals surface area contributed by atoms with E-state index >= 15 is 0 Å². The Labute approximate surface area is 173 Å². The van der Waals surface area contributed by atoms with Crippen molar-refractivity contribution in [3.05, 3.63) is 90.1 Å². The second kappa shape index (κ2) is 8.57. The predicted molar refractivity (Wildman–Crippen MR) is 113 cm³/mol. The number of hydrogen-bond acceptors (Lipinski definition) is 4. The molecule has 4 rings (SSSR count). The number of aromatic nitrogens is 1. The van der Waals surface area contributed by atoms with Crippen LogP contribution in [-0.4, -0.2) is 29.4 Å². The summed E-state index contributed by atoms with van der Waals surface area (Å²) >= 11 is 0. The lowest BCUT2D eigenvalue weighted by atomic mass is 9.99. The maximum Gasteiger partial charge on any atom is 0.327 e. The minimum absolute atomic E-state index is 0.0182. The molecular formula is C23H20N4O3. The van der Waals surface area contributed by atoms with Gasteiger partial charge in [-0.1, -0.05) is 48.5 Å². The summed E-state index contributed by atoms with van der Waals surface area (Å²) in [6, 6.07) is 21.0. The van der Waals surface area contributed by atoms with Gasteiger partial charge in [-0.2, -0.15) is 0 Å². The lowest BCUT2D eigenvalue weighted by Gasteiger charge is -2.17. The second-order valence-electron chi connectivity index (χ2n) is 6.99. The van der Waals surface area contributed by atoms with Crippen LogP contribution in [0, 0.1) is 0 Å². The fraction of sp³-hybridized carbons (Fsp3) is 0.130. The molecule has 1 aliphatic heterocycles. The highest BCUT2D eigenvalue weighted by molar-refractivity contribution is 6.08. The van der Waals surface area contributed by atoms with Crippen molar-refractivity contribution in [1.82, 2.24) is 10.3 Å². The van der Waals surface area contributed by atoms with E-state index in [1.165, 1.54) is 6.20 Å². The van der Waals surface area contributed by atoms with E-state index in [0.29, 0.717) is 24.2 Å². The number of amides is 4. The Bertz CT molecular complexity index is 1070. The number of nitrogens with zero attached hydrogens (tertiary/aromatic N) is 2. The van der Waals surface area contributed by atoms with Crippen molar-refractivity contribution in [3.63, 3.8) is 0 Å². The van der Waals surface area contributed by atoms with Crippen LogP contribution in [-0.2, 0) is 4.79 Å². The number of rotatable bonds is 4. The molecule has 1 aromatic heterocycles. The first-order valence-electron chi connectivity index (χ1n) is 9.59. The van der Waals surface area contributed by atoms with E-state index in [9.17, 15) is 14.4 Å². The molecule has 150 valence electrons. The highest BCUT2D eigenvalue weighted by atomic mass is 16.2. The van der Waals surface area contributed by atoms with E-state index in [0.717, 1.165) is 5.56 Å². The zero-order chi connectivity index (χ0) is 20.9. The maximum absolute atomic E-state index is 12.6. The zero-order valence-electron chi connectivity index (χ0n) is 16.1. The van der Waals surface area contributed by atoms with Crippen molar-refractivity contribution in [3.8, 4) is 0 Å². The lowest BCUT2D eigenvalue weighted by Crippen LogP contribution is -2.34. The second-order valence-corrected chi connectivity index (χ2v) is 6.99. The summed E-state index contributed by atoms with van der Waals surface area (Å²) in [5.41, 5.74) is 2.15. The quantitative estimate of drug-likeness (QED) is 0.700. The standard InChI is InChI=1S/C23H20N4O3/c28-21-13-18(16-7-3-1-4-8-16)15-27(21)19-11-12-24-20(14-19)25-23(30)26-22(29)17-9-5-2-6-10-17/h1-12,14,18H,13,15H2,(H2,24,25,26,29,30). The molecule has 0 aliphatic carbocycles. The van der Waals surface area contributed by atoms with Crippen molar-refractivity contribution in [2.75, 3.05) is 16.8 Å². The van der Waals surface area contributed by atoms with Crippen LogP contribution in [0.1, 0.15) is 28.3 Å². The molecule has 1 fully saturated rings. The van der Waals surface area contributed by atoms with Crippen molar-refractivity contribution < 1.29 is 14.4 Å². The van der Waals surface area contributed by atoms with Gasteiger partial charge in [0.15, 0.2) is 0 Å². The smallest absolute Gasteiger partial charge is 0.312 e. The molecule has 0 saturated carbocycles. The summed E-state index contributed by atoms with van der Waals surface area (Å²) in [6.07, 6.45) is 1.95. The van der Waals surface area contributed by atoms with Crippen LogP contribution in [0.3, 0.4) is 0 Å². The molecule has 0 radical (unpaired) electrons. The molecule has 7 nitrogen and oxygen atoms in total. The molecular weight excluding hydrogens is 380 g/mol. The molecule has 7 heteroatoms. The number of pyridine rings is 1. The predicted octanol–water partition coefficient (Wildman–Crippen LogP) is 3.56. The number of carbonyl (C=O) groups excluding carboxylic acids is 3. The van der Waals surface area contributed by atoms with E-state index in [4.69, 9.17) is 0 Å². The number of imide groups is 1. The SMILES string of the molecule is O=C(NC(=O)c1ccccc1)Nc1cc(N2CC(c3ccccc3)CC2=O)ccn1. The van der Waals surface area contributed by atoms with Crippen LogP contribution in [0.5, 0.6) is 0 Å². The first-order chi connectivity index (χ1) is 14.6. The average Bonchev–Trinajstić information content (AvgIpc) is 3.17. The number of hydrogen-bond donors (Lipinski definition) is 2. The fourth-order valence-electron chi connectivity index (χ4n) is 3.47. The molecule has 3 aromatic rings. The third-order valence-electron chi connectivity index (χ3n) is 4.96. The molecule has 30 heavy (non-hydrogen) atoms. The van der Waals surface area contributed by atoms with Gasteiger partial charge in [-0.3, -0.25) is 20.2 Å². The lowest BCUT2D eigenvalue weighted by molar-refractivity contribution is -0.117. The average molecular weight is 400 g/mol. The van der Waals surface area contributed by atoms with E-state index in [-0.39, 0.29) is 17.6 Å². The summed E-state index contributed by atoms with van der Waals surface area (Å²) in [5.74, 6) is -0.119. The largest absolute Gasteiger partial charge is 0.327 e. The number of urea groups is 1. The Morgan fingerprint density at radius 2 is 1.67 bits per heavy atom. The van der Waals surface area contributed by atoms with Gasteiger partial charge in [0.25, 0.3) is 5.91 Å². The molecule has 1 atom stereocenters. The molecule has 2 heterocycles. The van der Waals surface area contributed by atoms with Gasteiger partial charge in [0.05, 0.1) is 0 Å². The van der Waals surface area contributed by atoms with E-state index in [1.807, 2.05) is 30.3 Å². The summed E-state index contributed by atoms with van der Waals surface area (Å²) in [6.45, 7) is 0.561. The Hall–Kier alpha value is -4.00. The van der Waals surface area contributed by atoms with Crippen LogP contribution in [0.4, 0.5) is 16.3 Å². The first kappa shape index (κ1) is 19.3. The summed E-state index contributed by atoms with van der Waals surface area (Å²) in [7, 11) is 0. The Morgan fingerprint density at radius 3 is 2.40 bits per heavy atom. The van der Waals surface area contributed by atoms with Gasteiger partial charge in [-0.25, -0.2) is 9.78 Å². The molecule has 2 N–H and O–H groups in total. The van der Waals surface area contributed by atoms with Crippen molar-refractivity contribution in [2.45, 2.75) is 12.3 Å². The van der Waals surface area contributed by atoms with Crippen LogP contribution in [0.2, 0.25) is 0 Å². The maximum atomic E-state index is 12.6. The van der Waals surface area contributed by atoms with E-state index < -0.39 is 11.9 Å². The highest BCUT2D eigenvalue weighted by Gasteiger charge is 2.31. The summed E-state index contributed by atoms with van der Waals surface area (Å²) in [4.78, 5) is 42.6. The van der Waals surface area contributed by atoms with Gasteiger partial charge in [0.1, 0.15) is 5.82 Å². The van der Waals surface area contributed by atoms with Gasteiger partial charge in [0.2, 0.25) is 5.91 Å². The summed E-state index contributed by atoms with van der Waals surface area (Å²) < 4.78 is 0. The third-order valence-corrected chi connectivity index (χ3v) is 4.96. The minimum Gasteiger partial charge on any atom is -0.312 e. The number of nitrogens with one attached hydrogen (secondary N) is 2. The van der Waals surface area contributed by atoms with Gasteiger partial charge in [-0.05, 0) is 23.8 Å². The molecule has 2 aromatic carbocycles. The topological polar surface area (TPSA) is 91.4 Å².